The molecule has 0 amide bonds. The molecule has 4 heteroatoms. The Morgan fingerprint density at radius 1 is 1.11 bits per heavy atom. The molecule has 1 N–H and O–H groups in total. The van der Waals surface area contributed by atoms with Gasteiger partial charge in [0.05, 0.1) is 18.0 Å². The third-order valence-corrected chi connectivity index (χ3v) is 9.31. The maximum absolute atomic E-state index is 9.75. The van der Waals surface area contributed by atoms with Crippen LogP contribution in [0.25, 0.3) is 0 Å². The van der Waals surface area contributed by atoms with Gasteiger partial charge in [0.25, 0.3) is 0 Å². The molecule has 0 saturated carbocycles. The molecule has 1 aromatic carbocycles. The van der Waals surface area contributed by atoms with E-state index in [2.05, 4.69) is 89.3 Å². The van der Waals surface area contributed by atoms with Gasteiger partial charge < -0.3 is 10.2 Å². The molecule has 5 aliphatic rings. The zero-order chi connectivity index (χ0) is 23.8. The molecule has 0 spiro atoms. The maximum Gasteiger partial charge on any atom is 0.0837 e. The number of para-hydroxylation sites is 1. The summed E-state index contributed by atoms with van der Waals surface area (Å²) in [6.45, 7) is 1.62. The Balaban J connectivity index is 1.45. The first-order valence-corrected chi connectivity index (χ1v) is 14.3. The minimum Gasteiger partial charge on any atom is -0.337 e. The summed E-state index contributed by atoms with van der Waals surface area (Å²) in [6, 6.07) is 11.9. The molecule has 0 bridgehead atoms. The predicted octanol–water partition coefficient (Wildman–Crippen LogP) is 6.57. The van der Waals surface area contributed by atoms with Crippen molar-refractivity contribution in [1.29, 1.82) is 5.26 Å². The smallest absolute Gasteiger partial charge is 0.0837 e. The summed E-state index contributed by atoms with van der Waals surface area (Å²) < 4.78 is 0. The number of nitrogens with one attached hydrogen (secondary N) is 1. The lowest BCUT2D eigenvalue weighted by Crippen LogP contribution is -2.35. The van der Waals surface area contributed by atoms with E-state index in [0.717, 1.165) is 38.8 Å². The normalized spacial score (nSPS) is 29.7. The molecule has 1 aromatic rings. The zero-order valence-electron chi connectivity index (χ0n) is 20.4. The second-order valence-electron chi connectivity index (χ2n) is 10.1. The summed E-state index contributed by atoms with van der Waals surface area (Å²) in [5, 5.41) is 13.8. The summed E-state index contributed by atoms with van der Waals surface area (Å²) in [5.74, 6) is 0.378. The first-order chi connectivity index (χ1) is 17.3. The van der Waals surface area contributed by atoms with Gasteiger partial charge in [-0.05, 0) is 72.3 Å². The van der Waals surface area contributed by atoms with Crippen LogP contribution in [-0.2, 0) is 0 Å². The fourth-order valence-electron chi connectivity index (χ4n) is 6.52. The van der Waals surface area contributed by atoms with Crippen molar-refractivity contribution < 1.29 is 0 Å². The van der Waals surface area contributed by atoms with E-state index >= 15 is 0 Å². The van der Waals surface area contributed by atoms with E-state index in [1.54, 1.807) is 0 Å². The van der Waals surface area contributed by atoms with Crippen molar-refractivity contribution in [3.63, 3.8) is 0 Å². The Bertz CT molecular complexity index is 1240. The standard InChI is InChI=1S/C31H33N3S/c1-35-24-13-14-26(22-8-6-7-21(17-22)25-15-16-33-20-23(25)19-32)31(18-24)34-29-11-4-2-9-27(29)28-10-3-5-12-30(28)34/h2-5,8-12,15,17,23-24,27,29,33H,6-7,13-14,16,18,20H2,1H3. The Morgan fingerprint density at radius 3 is 2.89 bits per heavy atom. The van der Waals surface area contributed by atoms with Crippen LogP contribution in [0.2, 0.25) is 0 Å². The minimum atomic E-state index is -0.0413. The molecule has 2 heterocycles. The lowest BCUT2D eigenvalue weighted by molar-refractivity contribution is 0.617. The quantitative estimate of drug-likeness (QED) is 0.530. The van der Waals surface area contributed by atoms with Gasteiger partial charge in [-0.15, -0.1) is 0 Å². The molecule has 0 fully saturated rings. The van der Waals surface area contributed by atoms with Gasteiger partial charge in [-0.25, -0.2) is 0 Å². The van der Waals surface area contributed by atoms with Crippen LogP contribution in [0.5, 0.6) is 0 Å². The van der Waals surface area contributed by atoms with Gasteiger partial charge >= 0.3 is 0 Å². The minimum absolute atomic E-state index is 0.0413. The topological polar surface area (TPSA) is 39.1 Å². The highest BCUT2D eigenvalue weighted by Crippen LogP contribution is 2.49. The van der Waals surface area contributed by atoms with E-state index in [1.807, 2.05) is 11.8 Å². The fourth-order valence-corrected chi connectivity index (χ4v) is 7.20. The molecule has 0 radical (unpaired) electrons. The van der Waals surface area contributed by atoms with Crippen LogP contribution >= 0.6 is 11.8 Å². The SMILES string of the molecule is CSC1CCC(C2=CCCC(C3=CCNCC3C#N)=C2)=C(N2c3ccccc3C3C=CC=CC32)C1. The Hall–Kier alpha value is -2.74. The van der Waals surface area contributed by atoms with Crippen molar-refractivity contribution in [2.24, 2.45) is 5.92 Å². The second kappa shape index (κ2) is 9.72. The van der Waals surface area contributed by atoms with Gasteiger partial charge in [-0.2, -0.15) is 17.0 Å². The second-order valence-corrected chi connectivity index (χ2v) is 11.2. The van der Waals surface area contributed by atoms with Crippen molar-refractivity contribution in [1.82, 2.24) is 5.32 Å². The summed E-state index contributed by atoms with van der Waals surface area (Å²) >= 11 is 2.01. The highest BCUT2D eigenvalue weighted by molar-refractivity contribution is 7.99. The summed E-state index contributed by atoms with van der Waals surface area (Å²) in [5.41, 5.74) is 9.87. The molecule has 0 saturated heterocycles. The van der Waals surface area contributed by atoms with Crippen molar-refractivity contribution in [2.45, 2.75) is 49.3 Å². The summed E-state index contributed by atoms with van der Waals surface area (Å²) in [6.07, 6.45) is 24.1. The van der Waals surface area contributed by atoms with E-state index in [0.29, 0.717) is 17.2 Å². The predicted molar refractivity (Wildman–Crippen MR) is 147 cm³/mol. The molecular weight excluding hydrogens is 446 g/mol. The molecule has 35 heavy (non-hydrogen) atoms. The molecule has 6 rings (SSSR count). The average Bonchev–Trinajstić information content (AvgIpc) is 3.27. The average molecular weight is 480 g/mol. The van der Waals surface area contributed by atoms with Crippen molar-refractivity contribution >= 4 is 17.4 Å². The third kappa shape index (κ3) is 4.05. The molecular formula is C31H33N3S. The summed E-state index contributed by atoms with van der Waals surface area (Å²) in [4.78, 5) is 2.67. The van der Waals surface area contributed by atoms with E-state index in [-0.39, 0.29) is 5.92 Å². The number of nitriles is 1. The van der Waals surface area contributed by atoms with Crippen molar-refractivity contribution in [3.05, 3.63) is 100 Å². The molecule has 2 aliphatic heterocycles. The molecule has 4 unspecified atom stereocenters. The number of rotatable bonds is 4. The largest absolute Gasteiger partial charge is 0.337 e. The first kappa shape index (κ1) is 22.7. The van der Waals surface area contributed by atoms with Gasteiger partial charge in [0, 0.05) is 35.6 Å². The number of benzene rings is 1. The first-order valence-electron chi connectivity index (χ1n) is 13.0. The number of fused-ring (bicyclic) bond motifs is 3. The van der Waals surface area contributed by atoms with Crippen molar-refractivity contribution in [2.75, 3.05) is 24.2 Å². The van der Waals surface area contributed by atoms with Gasteiger partial charge in [-0.3, -0.25) is 0 Å². The third-order valence-electron chi connectivity index (χ3n) is 8.24. The molecule has 3 aliphatic carbocycles. The highest BCUT2D eigenvalue weighted by atomic mass is 32.2. The Morgan fingerprint density at radius 2 is 2.00 bits per heavy atom. The van der Waals surface area contributed by atoms with E-state index in [4.69, 9.17) is 0 Å². The maximum atomic E-state index is 9.75. The highest BCUT2D eigenvalue weighted by Gasteiger charge is 2.40. The lowest BCUT2D eigenvalue weighted by Gasteiger charge is -2.38. The van der Waals surface area contributed by atoms with Crippen LogP contribution in [0.15, 0.2) is 94.8 Å². The van der Waals surface area contributed by atoms with Crippen LogP contribution < -0.4 is 10.2 Å². The van der Waals surface area contributed by atoms with Gasteiger partial charge in [-0.1, -0.05) is 60.7 Å². The van der Waals surface area contributed by atoms with Gasteiger partial charge in [0.1, 0.15) is 0 Å². The van der Waals surface area contributed by atoms with Crippen LogP contribution in [-0.4, -0.2) is 30.6 Å². The van der Waals surface area contributed by atoms with E-state index < -0.39 is 0 Å². The van der Waals surface area contributed by atoms with Crippen LogP contribution in [0.3, 0.4) is 0 Å². The Labute approximate surface area is 213 Å². The summed E-state index contributed by atoms with van der Waals surface area (Å²) in [7, 11) is 0. The number of allylic oxidation sites excluding steroid dienone is 8. The van der Waals surface area contributed by atoms with Crippen LogP contribution in [0, 0.1) is 17.2 Å². The molecule has 178 valence electrons. The van der Waals surface area contributed by atoms with Gasteiger partial charge in [0.2, 0.25) is 0 Å². The number of nitrogens with zero attached hydrogens (tertiary/aromatic N) is 2. The number of thioether (sulfide) groups is 1. The molecule has 3 nitrogen and oxygen atoms in total. The zero-order valence-corrected chi connectivity index (χ0v) is 21.2. The lowest BCUT2D eigenvalue weighted by atomic mass is 9.81. The van der Waals surface area contributed by atoms with Crippen LogP contribution in [0.1, 0.15) is 43.6 Å². The van der Waals surface area contributed by atoms with Crippen molar-refractivity contribution in [3.8, 4) is 6.07 Å². The van der Waals surface area contributed by atoms with E-state index in [1.165, 1.54) is 45.7 Å². The fraction of sp³-hybridized carbons (Fsp3) is 0.387. The number of hydrogen-bond donors (Lipinski definition) is 1. The molecule has 0 aromatic heterocycles. The number of hydrogen-bond acceptors (Lipinski definition) is 4. The monoisotopic (exact) mass is 479 g/mol. The Kier molecular flexibility index (Phi) is 6.31. The molecule has 4 atom stereocenters. The van der Waals surface area contributed by atoms with E-state index in [9.17, 15) is 5.26 Å². The van der Waals surface area contributed by atoms with Gasteiger partial charge in [0.15, 0.2) is 0 Å². The van der Waals surface area contributed by atoms with Crippen LogP contribution in [0.4, 0.5) is 5.69 Å². The number of anilines is 1.